The number of benzene rings is 1. The van der Waals surface area contributed by atoms with Crippen LogP contribution < -0.4 is 5.32 Å². The lowest BCUT2D eigenvalue weighted by molar-refractivity contribution is 0.185. The highest BCUT2D eigenvalue weighted by Crippen LogP contribution is 2.19. The Balaban J connectivity index is 1.85. The van der Waals surface area contributed by atoms with Crippen molar-refractivity contribution in [3.05, 3.63) is 35.9 Å². The summed E-state index contributed by atoms with van der Waals surface area (Å²) in [4.78, 5) is 15.9. The summed E-state index contributed by atoms with van der Waals surface area (Å²) in [6.07, 6.45) is 0. The lowest BCUT2D eigenvalue weighted by atomic mass is 10.1. The highest BCUT2D eigenvalue weighted by molar-refractivity contribution is 5.74. The second-order valence-electron chi connectivity index (χ2n) is 5.86. The third-order valence-corrected chi connectivity index (χ3v) is 4.03. The van der Waals surface area contributed by atoms with Gasteiger partial charge in [-0.3, -0.25) is 4.90 Å². The Morgan fingerprint density at radius 3 is 2.76 bits per heavy atom. The van der Waals surface area contributed by atoms with E-state index in [0.29, 0.717) is 12.5 Å². The monoisotopic (exact) mass is 291 g/mol. The van der Waals surface area contributed by atoms with Crippen molar-refractivity contribution in [3.8, 4) is 0 Å². The number of amides is 2. The van der Waals surface area contributed by atoms with Gasteiger partial charge in [-0.1, -0.05) is 37.3 Å². The van der Waals surface area contributed by atoms with Gasteiger partial charge in [0.25, 0.3) is 0 Å². The first-order valence-corrected chi connectivity index (χ1v) is 7.49. The van der Waals surface area contributed by atoms with E-state index in [0.717, 1.165) is 19.6 Å². The zero-order valence-electron chi connectivity index (χ0n) is 12.8. The molecule has 1 aromatic carbocycles. The molecular weight excluding hydrogens is 266 g/mol. The number of carbonyl (C=O) groups excluding carboxylic acids is 1. The molecule has 5 heteroatoms. The van der Waals surface area contributed by atoms with Crippen LogP contribution in [0.3, 0.4) is 0 Å². The van der Waals surface area contributed by atoms with Crippen molar-refractivity contribution in [2.24, 2.45) is 5.92 Å². The van der Waals surface area contributed by atoms with E-state index in [4.69, 9.17) is 5.11 Å². The molecule has 5 nitrogen and oxygen atoms in total. The van der Waals surface area contributed by atoms with E-state index in [1.54, 1.807) is 7.05 Å². The maximum Gasteiger partial charge on any atom is 0.317 e. The number of aliphatic hydroxyl groups excluding tert-OH is 1. The van der Waals surface area contributed by atoms with Crippen LogP contribution in [0.5, 0.6) is 0 Å². The lowest BCUT2D eigenvalue weighted by Gasteiger charge is -2.22. The molecule has 116 valence electrons. The zero-order chi connectivity index (χ0) is 15.2. The van der Waals surface area contributed by atoms with Crippen molar-refractivity contribution in [1.29, 1.82) is 0 Å². The molecule has 2 rings (SSSR count). The van der Waals surface area contributed by atoms with Gasteiger partial charge in [0.1, 0.15) is 0 Å². The fraction of sp³-hybridized carbons (Fsp3) is 0.562. The molecule has 2 amide bonds. The van der Waals surface area contributed by atoms with Gasteiger partial charge in [0.2, 0.25) is 0 Å². The predicted molar refractivity (Wildman–Crippen MR) is 82.9 cm³/mol. The standard InChI is InChI=1S/C16H25N3O2/c1-13-10-19(11-14-6-4-3-5-7-14)12-15(13)17-16(21)18(2)8-9-20/h3-7,13,15,20H,8-12H2,1-2H3,(H,17,21)/t13-,15-/m1/s1. The summed E-state index contributed by atoms with van der Waals surface area (Å²) in [5, 5.41) is 11.9. The Hall–Kier alpha value is -1.59. The van der Waals surface area contributed by atoms with Gasteiger partial charge in [0.15, 0.2) is 0 Å². The van der Waals surface area contributed by atoms with Crippen LogP contribution in [0, 0.1) is 5.92 Å². The van der Waals surface area contributed by atoms with Gasteiger partial charge in [-0.05, 0) is 11.5 Å². The Morgan fingerprint density at radius 1 is 1.38 bits per heavy atom. The highest BCUT2D eigenvalue weighted by atomic mass is 16.3. The fourth-order valence-electron chi connectivity index (χ4n) is 2.75. The number of nitrogens with one attached hydrogen (secondary N) is 1. The molecule has 1 fully saturated rings. The quantitative estimate of drug-likeness (QED) is 0.855. The van der Waals surface area contributed by atoms with Crippen molar-refractivity contribution in [1.82, 2.24) is 15.1 Å². The number of nitrogens with zero attached hydrogens (tertiary/aromatic N) is 2. The molecular formula is C16H25N3O2. The van der Waals surface area contributed by atoms with Crippen LogP contribution in [-0.4, -0.2) is 60.3 Å². The molecule has 21 heavy (non-hydrogen) atoms. The third-order valence-electron chi connectivity index (χ3n) is 4.03. The van der Waals surface area contributed by atoms with Crippen LogP contribution in [0.4, 0.5) is 4.79 Å². The predicted octanol–water partition coefficient (Wildman–Crippen LogP) is 1.14. The molecule has 1 saturated heterocycles. The summed E-state index contributed by atoms with van der Waals surface area (Å²) < 4.78 is 0. The van der Waals surface area contributed by atoms with Crippen LogP contribution in [-0.2, 0) is 6.54 Å². The minimum atomic E-state index is -0.109. The van der Waals surface area contributed by atoms with E-state index in [1.807, 2.05) is 6.07 Å². The van der Waals surface area contributed by atoms with E-state index < -0.39 is 0 Å². The normalized spacial score (nSPS) is 22.2. The third kappa shape index (κ3) is 4.44. The summed E-state index contributed by atoms with van der Waals surface area (Å²) >= 11 is 0. The van der Waals surface area contributed by atoms with Gasteiger partial charge < -0.3 is 15.3 Å². The maximum atomic E-state index is 12.0. The van der Waals surface area contributed by atoms with Crippen LogP contribution in [0.15, 0.2) is 30.3 Å². The molecule has 0 aromatic heterocycles. The van der Waals surface area contributed by atoms with Crippen LogP contribution in [0.2, 0.25) is 0 Å². The molecule has 0 spiro atoms. The number of rotatable bonds is 5. The molecule has 2 N–H and O–H groups in total. The van der Waals surface area contributed by atoms with E-state index in [2.05, 4.69) is 41.4 Å². The molecule has 1 aromatic rings. The van der Waals surface area contributed by atoms with E-state index in [-0.39, 0.29) is 18.7 Å². The average molecular weight is 291 g/mol. The number of likely N-dealkylation sites (tertiary alicyclic amines) is 1. The number of carbonyl (C=O) groups is 1. The van der Waals surface area contributed by atoms with Gasteiger partial charge in [-0.2, -0.15) is 0 Å². The number of aliphatic hydroxyl groups is 1. The lowest BCUT2D eigenvalue weighted by Crippen LogP contribution is -2.46. The number of urea groups is 1. The molecule has 2 atom stereocenters. The van der Waals surface area contributed by atoms with Crippen molar-refractivity contribution in [3.63, 3.8) is 0 Å². The largest absolute Gasteiger partial charge is 0.395 e. The topological polar surface area (TPSA) is 55.8 Å². The summed E-state index contributed by atoms with van der Waals surface area (Å²) in [7, 11) is 1.70. The van der Waals surface area contributed by atoms with Crippen LogP contribution >= 0.6 is 0 Å². The molecule has 0 bridgehead atoms. The van der Waals surface area contributed by atoms with Gasteiger partial charge in [0, 0.05) is 39.3 Å². The highest BCUT2D eigenvalue weighted by Gasteiger charge is 2.31. The molecule has 1 aliphatic heterocycles. The van der Waals surface area contributed by atoms with Crippen molar-refractivity contribution in [2.45, 2.75) is 19.5 Å². The molecule has 0 radical (unpaired) electrons. The summed E-state index contributed by atoms with van der Waals surface area (Å²) in [5.41, 5.74) is 1.30. The Morgan fingerprint density at radius 2 is 2.10 bits per heavy atom. The van der Waals surface area contributed by atoms with Crippen LogP contribution in [0.1, 0.15) is 12.5 Å². The van der Waals surface area contributed by atoms with Crippen molar-refractivity contribution >= 4 is 6.03 Å². The van der Waals surface area contributed by atoms with Gasteiger partial charge in [0.05, 0.1) is 6.61 Å². The van der Waals surface area contributed by atoms with E-state index >= 15 is 0 Å². The second-order valence-corrected chi connectivity index (χ2v) is 5.86. The minimum absolute atomic E-state index is 0.00965. The molecule has 0 aliphatic carbocycles. The molecule has 1 heterocycles. The van der Waals surface area contributed by atoms with Crippen LogP contribution in [0.25, 0.3) is 0 Å². The molecule has 1 aliphatic rings. The summed E-state index contributed by atoms with van der Waals surface area (Å²) in [6, 6.07) is 10.5. The van der Waals surface area contributed by atoms with Gasteiger partial charge in [-0.25, -0.2) is 4.79 Å². The zero-order valence-corrected chi connectivity index (χ0v) is 12.8. The van der Waals surface area contributed by atoms with Gasteiger partial charge in [-0.15, -0.1) is 0 Å². The van der Waals surface area contributed by atoms with Crippen molar-refractivity contribution in [2.75, 3.05) is 33.3 Å². The first-order chi connectivity index (χ1) is 10.1. The number of hydrogen-bond acceptors (Lipinski definition) is 3. The Bertz CT molecular complexity index is 452. The summed E-state index contributed by atoms with van der Waals surface area (Å²) in [5.74, 6) is 0.431. The number of likely N-dealkylation sites (N-methyl/N-ethyl adjacent to an activating group) is 1. The van der Waals surface area contributed by atoms with E-state index in [9.17, 15) is 4.79 Å². The fourth-order valence-corrected chi connectivity index (χ4v) is 2.75. The minimum Gasteiger partial charge on any atom is -0.395 e. The maximum absolute atomic E-state index is 12.0. The number of hydrogen-bond donors (Lipinski definition) is 2. The van der Waals surface area contributed by atoms with Crippen molar-refractivity contribution < 1.29 is 9.90 Å². The van der Waals surface area contributed by atoms with E-state index in [1.165, 1.54) is 10.5 Å². The Labute approximate surface area is 126 Å². The SMILES string of the molecule is C[C@@H]1CN(Cc2ccccc2)C[C@H]1NC(=O)N(C)CCO. The Kier molecular flexibility index (Phi) is 5.59. The second kappa shape index (κ2) is 7.43. The first-order valence-electron chi connectivity index (χ1n) is 7.49. The first kappa shape index (κ1) is 15.8. The smallest absolute Gasteiger partial charge is 0.317 e. The molecule has 0 saturated carbocycles. The van der Waals surface area contributed by atoms with Gasteiger partial charge >= 0.3 is 6.03 Å². The molecule has 0 unspecified atom stereocenters. The summed E-state index contributed by atoms with van der Waals surface area (Å²) in [6.45, 7) is 5.30. The average Bonchev–Trinajstić information content (AvgIpc) is 2.80.